The summed E-state index contributed by atoms with van der Waals surface area (Å²) >= 11 is 0. The quantitative estimate of drug-likeness (QED) is 0.801. The summed E-state index contributed by atoms with van der Waals surface area (Å²) in [5, 5.41) is 0. The van der Waals surface area contributed by atoms with E-state index in [2.05, 4.69) is 4.90 Å². The fraction of sp³-hybridized carbons (Fsp3) is 0.900. The van der Waals surface area contributed by atoms with E-state index >= 15 is 0 Å². The minimum absolute atomic E-state index is 0.0332. The van der Waals surface area contributed by atoms with Gasteiger partial charge in [-0.3, -0.25) is 14.5 Å². The first-order valence-electron chi connectivity index (χ1n) is 10.6. The van der Waals surface area contributed by atoms with Crippen LogP contribution in [0.1, 0.15) is 58.3 Å². The number of piperazine rings is 1. The summed E-state index contributed by atoms with van der Waals surface area (Å²) in [4.78, 5) is 31.7. The van der Waals surface area contributed by atoms with E-state index in [4.69, 9.17) is 5.73 Å². The first-order valence-corrected chi connectivity index (χ1v) is 10.6. The molecule has 6 heteroatoms. The highest BCUT2D eigenvalue weighted by molar-refractivity contribution is 5.82. The number of nitrogens with zero attached hydrogens (tertiary/aromatic N) is 3. The Balaban J connectivity index is 1.48. The van der Waals surface area contributed by atoms with Gasteiger partial charge in [-0.05, 0) is 44.6 Å². The number of carbonyl (C=O) groups is 2. The Bertz CT molecular complexity index is 490. The van der Waals surface area contributed by atoms with Gasteiger partial charge >= 0.3 is 0 Å². The fourth-order valence-corrected chi connectivity index (χ4v) is 4.90. The molecule has 148 valence electrons. The second-order valence-electron chi connectivity index (χ2n) is 8.57. The fourth-order valence-electron chi connectivity index (χ4n) is 4.90. The lowest BCUT2D eigenvalue weighted by Crippen LogP contribution is -2.55. The van der Waals surface area contributed by atoms with Crippen LogP contribution in [0.2, 0.25) is 0 Å². The number of nitrogens with two attached hydrogens (primary N) is 1. The van der Waals surface area contributed by atoms with E-state index in [1.165, 1.54) is 19.3 Å². The van der Waals surface area contributed by atoms with Crippen molar-refractivity contribution in [2.75, 3.05) is 45.8 Å². The number of rotatable bonds is 5. The van der Waals surface area contributed by atoms with Crippen LogP contribution in [-0.4, -0.2) is 78.4 Å². The molecule has 1 unspecified atom stereocenters. The number of likely N-dealkylation sites (tertiary alicyclic amines) is 1. The maximum absolute atomic E-state index is 12.8. The van der Waals surface area contributed by atoms with E-state index in [0.29, 0.717) is 13.0 Å². The van der Waals surface area contributed by atoms with Crippen LogP contribution in [0.25, 0.3) is 0 Å². The molecular weight excluding hydrogens is 328 g/mol. The Morgan fingerprint density at radius 2 is 1.50 bits per heavy atom. The molecule has 0 aromatic carbocycles. The molecule has 0 radical (unpaired) electrons. The van der Waals surface area contributed by atoms with Gasteiger partial charge in [-0.15, -0.1) is 0 Å². The van der Waals surface area contributed by atoms with Crippen LogP contribution >= 0.6 is 0 Å². The van der Waals surface area contributed by atoms with Crippen molar-refractivity contribution in [1.82, 2.24) is 14.7 Å². The maximum Gasteiger partial charge on any atom is 0.239 e. The summed E-state index contributed by atoms with van der Waals surface area (Å²) in [6.07, 6.45) is 8.73. The van der Waals surface area contributed by atoms with Gasteiger partial charge in [0.1, 0.15) is 0 Å². The predicted octanol–water partition coefficient (Wildman–Crippen LogP) is 1.44. The van der Waals surface area contributed by atoms with Gasteiger partial charge in [-0.1, -0.05) is 19.3 Å². The third-order valence-corrected chi connectivity index (χ3v) is 6.86. The zero-order chi connectivity index (χ0) is 18.6. The minimum atomic E-state index is -0.0703. The van der Waals surface area contributed by atoms with Gasteiger partial charge in [-0.2, -0.15) is 0 Å². The van der Waals surface area contributed by atoms with Crippen molar-refractivity contribution >= 4 is 11.8 Å². The normalized spacial score (nSPS) is 25.3. The Kier molecular flexibility index (Phi) is 6.56. The summed E-state index contributed by atoms with van der Waals surface area (Å²) in [5.41, 5.74) is 6.08. The molecule has 2 N–H and O–H groups in total. The average Bonchev–Trinajstić information content (AvgIpc) is 3.22. The van der Waals surface area contributed by atoms with Gasteiger partial charge in [0.05, 0.1) is 6.04 Å². The molecule has 0 spiro atoms. The van der Waals surface area contributed by atoms with E-state index in [1.807, 2.05) is 16.7 Å². The Hall–Kier alpha value is -1.14. The molecule has 3 fully saturated rings. The molecule has 1 aliphatic carbocycles. The lowest BCUT2D eigenvalue weighted by Gasteiger charge is -2.41. The van der Waals surface area contributed by atoms with Crippen molar-refractivity contribution in [2.24, 2.45) is 11.1 Å². The van der Waals surface area contributed by atoms with Gasteiger partial charge in [0.2, 0.25) is 11.8 Å². The first-order chi connectivity index (χ1) is 12.5. The third-order valence-electron chi connectivity index (χ3n) is 6.86. The molecular formula is C20H36N4O2. The Morgan fingerprint density at radius 3 is 2.08 bits per heavy atom. The van der Waals surface area contributed by atoms with Crippen LogP contribution in [0.3, 0.4) is 0 Å². The first kappa shape index (κ1) is 19.6. The SMILES string of the molecule is CC(C(=O)N1CCCC1)N1CCN(C(=O)CC2(CN)CCCCC2)CC1. The van der Waals surface area contributed by atoms with Crippen LogP contribution in [0.5, 0.6) is 0 Å². The average molecular weight is 365 g/mol. The van der Waals surface area contributed by atoms with Gasteiger partial charge < -0.3 is 15.5 Å². The highest BCUT2D eigenvalue weighted by Gasteiger charge is 2.36. The number of amides is 2. The van der Waals surface area contributed by atoms with E-state index < -0.39 is 0 Å². The maximum atomic E-state index is 12.8. The van der Waals surface area contributed by atoms with Gasteiger partial charge in [-0.25, -0.2) is 0 Å². The molecule has 1 saturated carbocycles. The van der Waals surface area contributed by atoms with Crippen molar-refractivity contribution < 1.29 is 9.59 Å². The molecule has 26 heavy (non-hydrogen) atoms. The van der Waals surface area contributed by atoms with Gasteiger partial charge in [0.15, 0.2) is 0 Å². The lowest BCUT2D eigenvalue weighted by molar-refractivity contribution is -0.139. The van der Waals surface area contributed by atoms with E-state index in [-0.39, 0.29) is 23.3 Å². The molecule has 0 bridgehead atoms. The highest BCUT2D eigenvalue weighted by atomic mass is 16.2. The summed E-state index contributed by atoms with van der Waals surface area (Å²) in [7, 11) is 0. The second-order valence-corrected chi connectivity index (χ2v) is 8.57. The summed E-state index contributed by atoms with van der Waals surface area (Å²) < 4.78 is 0. The zero-order valence-electron chi connectivity index (χ0n) is 16.4. The standard InChI is InChI=1S/C20H36N4O2/c1-17(19(26)24-9-5-6-10-24)22-11-13-23(14-12-22)18(25)15-20(16-21)7-3-2-4-8-20/h17H,2-16,21H2,1H3. The lowest BCUT2D eigenvalue weighted by atomic mass is 9.71. The summed E-state index contributed by atoms with van der Waals surface area (Å²) in [5.74, 6) is 0.516. The number of carbonyl (C=O) groups excluding carboxylic acids is 2. The molecule has 3 aliphatic rings. The largest absolute Gasteiger partial charge is 0.341 e. The smallest absolute Gasteiger partial charge is 0.239 e. The van der Waals surface area contributed by atoms with Crippen molar-refractivity contribution in [3.63, 3.8) is 0 Å². The molecule has 2 saturated heterocycles. The van der Waals surface area contributed by atoms with Gasteiger partial charge in [0.25, 0.3) is 0 Å². The Labute approximate surface area is 158 Å². The molecule has 2 amide bonds. The number of hydrogen-bond donors (Lipinski definition) is 1. The van der Waals surface area contributed by atoms with Crippen LogP contribution in [0.4, 0.5) is 0 Å². The minimum Gasteiger partial charge on any atom is -0.341 e. The third kappa shape index (κ3) is 4.39. The van der Waals surface area contributed by atoms with Crippen molar-refractivity contribution in [3.8, 4) is 0 Å². The van der Waals surface area contributed by atoms with Crippen molar-refractivity contribution in [2.45, 2.75) is 64.3 Å². The van der Waals surface area contributed by atoms with E-state index in [1.54, 1.807) is 0 Å². The van der Waals surface area contributed by atoms with Crippen LogP contribution in [0, 0.1) is 5.41 Å². The molecule has 0 aromatic rings. The van der Waals surface area contributed by atoms with Crippen molar-refractivity contribution in [1.29, 1.82) is 0 Å². The van der Waals surface area contributed by atoms with E-state index in [9.17, 15) is 9.59 Å². The highest BCUT2D eigenvalue weighted by Crippen LogP contribution is 2.38. The van der Waals surface area contributed by atoms with E-state index in [0.717, 1.165) is 65.0 Å². The van der Waals surface area contributed by atoms with Crippen LogP contribution in [-0.2, 0) is 9.59 Å². The van der Waals surface area contributed by atoms with Crippen LogP contribution < -0.4 is 5.73 Å². The summed E-state index contributed by atoms with van der Waals surface area (Å²) in [6, 6.07) is -0.0703. The summed E-state index contributed by atoms with van der Waals surface area (Å²) in [6.45, 7) is 7.51. The molecule has 1 atom stereocenters. The monoisotopic (exact) mass is 364 g/mol. The molecule has 2 heterocycles. The topological polar surface area (TPSA) is 69.9 Å². The number of hydrogen-bond acceptors (Lipinski definition) is 4. The molecule has 3 rings (SSSR count). The molecule has 0 aromatic heterocycles. The predicted molar refractivity (Wildman–Crippen MR) is 103 cm³/mol. The zero-order valence-corrected chi connectivity index (χ0v) is 16.4. The van der Waals surface area contributed by atoms with Gasteiger partial charge in [0, 0.05) is 45.7 Å². The van der Waals surface area contributed by atoms with Crippen molar-refractivity contribution in [3.05, 3.63) is 0 Å². The second kappa shape index (κ2) is 8.70. The van der Waals surface area contributed by atoms with Crippen LogP contribution in [0.15, 0.2) is 0 Å². The molecule has 2 aliphatic heterocycles. The molecule has 6 nitrogen and oxygen atoms in total. The Morgan fingerprint density at radius 1 is 0.885 bits per heavy atom.